The third kappa shape index (κ3) is 5.85. The van der Waals surface area contributed by atoms with E-state index in [0.29, 0.717) is 24.2 Å². The van der Waals surface area contributed by atoms with Crippen LogP contribution in [0, 0.1) is 4.91 Å². The zero-order valence-electron chi connectivity index (χ0n) is 13.1. The summed E-state index contributed by atoms with van der Waals surface area (Å²) in [5.41, 5.74) is 1.36. The topological polar surface area (TPSA) is 85.2 Å². The fourth-order valence-corrected chi connectivity index (χ4v) is 2.01. The molecule has 0 fully saturated rings. The van der Waals surface area contributed by atoms with E-state index >= 15 is 0 Å². The summed E-state index contributed by atoms with van der Waals surface area (Å²) < 4.78 is 10.7. The molecule has 24 heavy (non-hydrogen) atoms. The van der Waals surface area contributed by atoms with Crippen LogP contribution in [-0.2, 0) is 16.1 Å². The summed E-state index contributed by atoms with van der Waals surface area (Å²) in [4.78, 5) is 21.9. The van der Waals surface area contributed by atoms with Gasteiger partial charge in [-0.2, -0.15) is 4.91 Å². The Labute approximate surface area is 140 Å². The first-order valence-corrected chi connectivity index (χ1v) is 7.62. The van der Waals surface area contributed by atoms with Crippen molar-refractivity contribution in [2.45, 2.75) is 19.4 Å². The predicted molar refractivity (Wildman–Crippen MR) is 90.8 cm³/mol. The number of esters is 1. The second-order valence-electron chi connectivity index (χ2n) is 5.15. The third-order valence-corrected chi connectivity index (χ3v) is 3.31. The van der Waals surface area contributed by atoms with Gasteiger partial charge in [-0.15, -0.1) is 0 Å². The monoisotopic (exact) mass is 327 g/mol. The van der Waals surface area contributed by atoms with E-state index in [2.05, 4.69) is 5.09 Å². The minimum absolute atomic E-state index is 0.266. The van der Waals surface area contributed by atoms with E-state index in [1.54, 1.807) is 24.3 Å². The normalized spacial score (nSPS) is 10.0. The van der Waals surface area contributed by atoms with Crippen molar-refractivity contribution in [3.05, 3.63) is 65.1 Å². The zero-order valence-corrected chi connectivity index (χ0v) is 13.1. The van der Waals surface area contributed by atoms with Gasteiger partial charge >= 0.3 is 13.0 Å². The van der Waals surface area contributed by atoms with Gasteiger partial charge in [-0.1, -0.05) is 47.6 Å². The van der Waals surface area contributed by atoms with E-state index in [1.165, 1.54) is 0 Å². The largest absolute Gasteiger partial charge is 0.517 e. The SMILES string of the molecule is O=NB(O)c1ccc(OCCCC(=O)OCc2ccccc2)cc1. The quantitative estimate of drug-likeness (QED) is 0.330. The molecule has 0 aliphatic heterocycles. The number of carbonyl (C=O) groups is 1. The van der Waals surface area contributed by atoms with Crippen molar-refractivity contribution in [2.75, 3.05) is 6.61 Å². The summed E-state index contributed by atoms with van der Waals surface area (Å²) in [7, 11) is -1.36. The van der Waals surface area contributed by atoms with Gasteiger partial charge < -0.3 is 14.5 Å². The minimum atomic E-state index is -1.36. The lowest BCUT2D eigenvalue weighted by molar-refractivity contribution is -0.145. The molecule has 0 bridgehead atoms. The molecule has 0 spiro atoms. The van der Waals surface area contributed by atoms with Crippen LogP contribution in [0.1, 0.15) is 18.4 Å². The first kappa shape index (κ1) is 17.7. The number of hydrogen-bond acceptors (Lipinski definition) is 6. The fourth-order valence-electron chi connectivity index (χ4n) is 2.01. The van der Waals surface area contributed by atoms with Crippen molar-refractivity contribution in [1.82, 2.24) is 0 Å². The van der Waals surface area contributed by atoms with Gasteiger partial charge in [0.05, 0.1) is 6.61 Å². The molecule has 0 aromatic heterocycles. The van der Waals surface area contributed by atoms with Gasteiger partial charge in [0, 0.05) is 6.42 Å². The highest BCUT2D eigenvalue weighted by Gasteiger charge is 2.15. The molecule has 0 saturated heterocycles. The molecule has 0 saturated carbocycles. The summed E-state index contributed by atoms with van der Waals surface area (Å²) in [6.07, 6.45) is 0.812. The van der Waals surface area contributed by atoms with Crippen molar-refractivity contribution >= 4 is 18.5 Å². The van der Waals surface area contributed by atoms with Gasteiger partial charge in [-0.05, 0) is 29.6 Å². The molecule has 0 amide bonds. The van der Waals surface area contributed by atoms with Crippen molar-refractivity contribution < 1.29 is 19.3 Å². The number of hydrogen-bond donors (Lipinski definition) is 1. The summed E-state index contributed by atoms with van der Waals surface area (Å²) in [6.45, 7) is 0.642. The second kappa shape index (κ2) is 9.47. The molecule has 0 atom stereocenters. The predicted octanol–water partition coefficient (Wildman–Crippen LogP) is 2.04. The van der Waals surface area contributed by atoms with Gasteiger partial charge in [0.15, 0.2) is 0 Å². The Hall–Kier alpha value is -2.67. The average molecular weight is 327 g/mol. The van der Waals surface area contributed by atoms with Gasteiger partial charge in [-0.3, -0.25) is 4.79 Å². The van der Waals surface area contributed by atoms with E-state index in [0.717, 1.165) is 5.56 Å². The van der Waals surface area contributed by atoms with Crippen LogP contribution in [0.25, 0.3) is 0 Å². The van der Waals surface area contributed by atoms with E-state index in [1.807, 2.05) is 30.3 Å². The molecular formula is C17H18BNO5. The van der Waals surface area contributed by atoms with Gasteiger partial charge in [0.25, 0.3) is 0 Å². The zero-order chi connectivity index (χ0) is 17.2. The smallest absolute Gasteiger partial charge is 0.494 e. The molecule has 124 valence electrons. The Kier molecular flexibility index (Phi) is 6.98. The first-order valence-electron chi connectivity index (χ1n) is 7.62. The Morgan fingerprint density at radius 3 is 2.46 bits per heavy atom. The van der Waals surface area contributed by atoms with E-state index in [9.17, 15) is 14.7 Å². The Bertz CT molecular complexity index is 648. The Morgan fingerprint density at radius 1 is 1.08 bits per heavy atom. The lowest BCUT2D eigenvalue weighted by Gasteiger charge is -2.07. The van der Waals surface area contributed by atoms with Crippen LogP contribution in [0.2, 0.25) is 0 Å². The molecule has 2 aromatic rings. The highest BCUT2D eigenvalue weighted by molar-refractivity contribution is 6.64. The van der Waals surface area contributed by atoms with Crippen molar-refractivity contribution in [1.29, 1.82) is 0 Å². The molecule has 6 nitrogen and oxygen atoms in total. The summed E-state index contributed by atoms with van der Waals surface area (Å²) in [5.74, 6) is 0.326. The van der Waals surface area contributed by atoms with Crippen LogP contribution in [0.4, 0.5) is 0 Å². The molecular weight excluding hydrogens is 309 g/mol. The lowest BCUT2D eigenvalue weighted by atomic mass is 9.76. The summed E-state index contributed by atoms with van der Waals surface area (Å²) >= 11 is 0. The number of benzene rings is 2. The molecule has 0 aliphatic rings. The van der Waals surface area contributed by atoms with Crippen LogP contribution >= 0.6 is 0 Å². The van der Waals surface area contributed by atoms with Gasteiger partial charge in [0.1, 0.15) is 12.4 Å². The highest BCUT2D eigenvalue weighted by Crippen LogP contribution is 2.09. The molecule has 1 N–H and O–H groups in total. The minimum Gasteiger partial charge on any atom is -0.494 e. The highest BCUT2D eigenvalue weighted by atomic mass is 16.5. The third-order valence-electron chi connectivity index (χ3n) is 3.31. The van der Waals surface area contributed by atoms with Crippen molar-refractivity contribution in [3.8, 4) is 5.75 Å². The van der Waals surface area contributed by atoms with Crippen LogP contribution < -0.4 is 10.2 Å². The van der Waals surface area contributed by atoms with Crippen LogP contribution in [0.5, 0.6) is 5.75 Å². The van der Waals surface area contributed by atoms with Gasteiger partial charge in [0.2, 0.25) is 0 Å². The molecule has 2 aromatic carbocycles. The molecule has 2 rings (SSSR count). The average Bonchev–Trinajstić information content (AvgIpc) is 2.64. The maximum atomic E-state index is 11.6. The number of ether oxygens (including phenoxy) is 2. The Morgan fingerprint density at radius 2 is 1.79 bits per heavy atom. The standard InChI is InChI=1S/C17H18BNO5/c20-17(24-13-14-5-2-1-3-6-14)7-4-12-23-16-10-8-15(9-11-16)18(21)19-22/h1-3,5-6,8-11,21H,4,7,12-13H2. The number of nitroso groups, excluding NO2 is 1. The fraction of sp³-hybridized carbons (Fsp3) is 0.235. The molecule has 0 heterocycles. The summed E-state index contributed by atoms with van der Waals surface area (Å²) in [5, 5.41) is 11.8. The summed E-state index contributed by atoms with van der Waals surface area (Å²) in [6, 6.07) is 15.9. The van der Waals surface area contributed by atoms with E-state index < -0.39 is 7.05 Å². The number of rotatable bonds is 9. The van der Waals surface area contributed by atoms with Crippen LogP contribution in [0.3, 0.4) is 0 Å². The maximum Gasteiger partial charge on any atom is 0.517 e. The van der Waals surface area contributed by atoms with Crippen molar-refractivity contribution in [3.63, 3.8) is 0 Å². The van der Waals surface area contributed by atoms with Gasteiger partial charge in [-0.25, -0.2) is 0 Å². The molecule has 0 unspecified atom stereocenters. The Balaban J connectivity index is 1.63. The second-order valence-corrected chi connectivity index (χ2v) is 5.15. The molecule has 7 heteroatoms. The number of carbonyl (C=O) groups excluding carboxylic acids is 1. The van der Waals surface area contributed by atoms with Crippen LogP contribution in [0.15, 0.2) is 59.7 Å². The molecule has 0 aliphatic carbocycles. The van der Waals surface area contributed by atoms with E-state index in [4.69, 9.17) is 9.47 Å². The first-order chi connectivity index (χ1) is 11.7. The van der Waals surface area contributed by atoms with E-state index in [-0.39, 0.29) is 19.0 Å². The maximum absolute atomic E-state index is 11.6. The lowest BCUT2D eigenvalue weighted by Crippen LogP contribution is -2.27. The molecule has 0 radical (unpaired) electrons. The van der Waals surface area contributed by atoms with Crippen molar-refractivity contribution in [2.24, 2.45) is 5.09 Å². The number of nitrogens with zero attached hydrogens (tertiary/aromatic N) is 1. The van der Waals surface area contributed by atoms with Crippen LogP contribution in [-0.4, -0.2) is 24.7 Å².